The second kappa shape index (κ2) is 4.94. The highest BCUT2D eigenvalue weighted by Crippen LogP contribution is 2.34. The zero-order chi connectivity index (χ0) is 12.4. The average molecular weight is 241 g/mol. The molecule has 1 N–H and O–H groups in total. The summed E-state index contributed by atoms with van der Waals surface area (Å²) >= 11 is 0. The first-order valence-electron chi connectivity index (χ1n) is 6.60. The number of benzene rings is 1. The Bertz CT molecular complexity index is 504. The fourth-order valence-electron chi connectivity index (χ4n) is 2.66. The number of rotatable bonds is 5. The number of aromatic nitrogens is 2. The van der Waals surface area contributed by atoms with Gasteiger partial charge in [0, 0.05) is 37.4 Å². The minimum atomic E-state index is 0.479. The van der Waals surface area contributed by atoms with E-state index in [-0.39, 0.29) is 0 Å². The molecule has 0 saturated heterocycles. The lowest BCUT2D eigenvalue weighted by Crippen LogP contribution is -2.36. The SMILES string of the molecule is CC(Cn1ccnc1)NCC1Cc2ccccc21. The Morgan fingerprint density at radius 2 is 2.33 bits per heavy atom. The number of nitrogens with one attached hydrogen (secondary N) is 1. The summed E-state index contributed by atoms with van der Waals surface area (Å²) in [4.78, 5) is 4.06. The summed E-state index contributed by atoms with van der Waals surface area (Å²) in [6.07, 6.45) is 6.93. The van der Waals surface area contributed by atoms with Gasteiger partial charge in [-0.05, 0) is 24.5 Å². The molecule has 0 bridgehead atoms. The molecule has 3 rings (SSSR count). The van der Waals surface area contributed by atoms with Gasteiger partial charge in [-0.1, -0.05) is 24.3 Å². The van der Waals surface area contributed by atoms with Crippen LogP contribution in [0.3, 0.4) is 0 Å². The molecule has 2 aromatic rings. The normalized spacial score (nSPS) is 19.1. The van der Waals surface area contributed by atoms with Crippen molar-refractivity contribution in [3.8, 4) is 0 Å². The summed E-state index contributed by atoms with van der Waals surface area (Å²) in [5.74, 6) is 0.700. The first-order valence-corrected chi connectivity index (χ1v) is 6.60. The Balaban J connectivity index is 1.48. The molecular formula is C15H19N3. The lowest BCUT2D eigenvalue weighted by atomic mass is 9.77. The zero-order valence-electron chi connectivity index (χ0n) is 10.7. The van der Waals surface area contributed by atoms with Gasteiger partial charge in [-0.2, -0.15) is 0 Å². The molecule has 0 amide bonds. The average Bonchev–Trinajstić information content (AvgIpc) is 2.83. The van der Waals surface area contributed by atoms with E-state index < -0.39 is 0 Å². The molecule has 1 aliphatic carbocycles. The van der Waals surface area contributed by atoms with Crippen molar-refractivity contribution in [3.05, 3.63) is 54.1 Å². The molecule has 94 valence electrons. The predicted octanol–water partition coefficient (Wildman–Crippen LogP) is 2.20. The van der Waals surface area contributed by atoms with E-state index in [9.17, 15) is 0 Å². The van der Waals surface area contributed by atoms with Gasteiger partial charge in [0.25, 0.3) is 0 Å². The van der Waals surface area contributed by atoms with Crippen LogP contribution in [-0.2, 0) is 13.0 Å². The number of hydrogen-bond acceptors (Lipinski definition) is 2. The summed E-state index contributed by atoms with van der Waals surface area (Å²) < 4.78 is 2.12. The smallest absolute Gasteiger partial charge is 0.0946 e. The number of fused-ring (bicyclic) bond motifs is 1. The molecule has 0 aliphatic heterocycles. The highest BCUT2D eigenvalue weighted by atomic mass is 15.1. The maximum absolute atomic E-state index is 4.06. The van der Waals surface area contributed by atoms with Crippen LogP contribution >= 0.6 is 0 Å². The van der Waals surface area contributed by atoms with Crippen molar-refractivity contribution >= 4 is 0 Å². The van der Waals surface area contributed by atoms with Gasteiger partial charge >= 0.3 is 0 Å². The Morgan fingerprint density at radius 3 is 3.11 bits per heavy atom. The van der Waals surface area contributed by atoms with E-state index in [1.54, 1.807) is 0 Å². The molecule has 3 nitrogen and oxygen atoms in total. The Hall–Kier alpha value is -1.61. The fourth-order valence-corrected chi connectivity index (χ4v) is 2.66. The second-order valence-electron chi connectivity index (χ2n) is 5.17. The molecule has 1 heterocycles. The third kappa shape index (κ3) is 2.31. The standard InChI is InChI=1S/C15H19N3/c1-12(10-18-7-6-16-11-18)17-9-14-8-13-4-2-3-5-15(13)14/h2-7,11-12,14,17H,8-10H2,1H3. The molecule has 1 aliphatic rings. The highest BCUT2D eigenvalue weighted by Gasteiger charge is 2.25. The van der Waals surface area contributed by atoms with E-state index >= 15 is 0 Å². The van der Waals surface area contributed by atoms with Crippen LogP contribution in [0.2, 0.25) is 0 Å². The van der Waals surface area contributed by atoms with Crippen molar-refractivity contribution in [1.82, 2.24) is 14.9 Å². The molecule has 2 atom stereocenters. The van der Waals surface area contributed by atoms with Gasteiger partial charge in [0.15, 0.2) is 0 Å². The minimum absolute atomic E-state index is 0.479. The molecule has 2 unspecified atom stereocenters. The van der Waals surface area contributed by atoms with E-state index in [4.69, 9.17) is 0 Å². The third-order valence-corrected chi connectivity index (χ3v) is 3.72. The largest absolute Gasteiger partial charge is 0.336 e. The van der Waals surface area contributed by atoms with Crippen LogP contribution in [0.5, 0.6) is 0 Å². The van der Waals surface area contributed by atoms with Crippen LogP contribution in [0.25, 0.3) is 0 Å². The van der Waals surface area contributed by atoms with Crippen molar-refractivity contribution in [2.24, 2.45) is 0 Å². The van der Waals surface area contributed by atoms with E-state index in [0.29, 0.717) is 12.0 Å². The summed E-state index contributed by atoms with van der Waals surface area (Å²) in [6.45, 7) is 4.28. The first kappa shape index (κ1) is 11.5. The van der Waals surface area contributed by atoms with Crippen LogP contribution in [0.15, 0.2) is 43.0 Å². The van der Waals surface area contributed by atoms with Crippen LogP contribution in [0, 0.1) is 0 Å². The van der Waals surface area contributed by atoms with E-state index in [2.05, 4.69) is 46.1 Å². The Kier molecular flexibility index (Phi) is 3.15. The molecule has 0 radical (unpaired) electrons. The number of hydrogen-bond donors (Lipinski definition) is 1. The summed E-state index contributed by atoms with van der Waals surface area (Å²) in [7, 11) is 0. The lowest BCUT2D eigenvalue weighted by Gasteiger charge is -2.31. The lowest BCUT2D eigenvalue weighted by molar-refractivity contribution is 0.438. The molecular weight excluding hydrogens is 222 g/mol. The molecule has 0 fully saturated rings. The third-order valence-electron chi connectivity index (χ3n) is 3.72. The van der Waals surface area contributed by atoms with Gasteiger partial charge < -0.3 is 9.88 Å². The topological polar surface area (TPSA) is 29.9 Å². The summed E-state index contributed by atoms with van der Waals surface area (Å²) in [5.41, 5.74) is 3.05. The van der Waals surface area contributed by atoms with Gasteiger partial charge in [0.2, 0.25) is 0 Å². The van der Waals surface area contributed by atoms with Crippen LogP contribution in [0.4, 0.5) is 0 Å². The maximum atomic E-state index is 4.06. The van der Waals surface area contributed by atoms with Gasteiger partial charge in [-0.3, -0.25) is 0 Å². The van der Waals surface area contributed by atoms with Crippen molar-refractivity contribution in [2.45, 2.75) is 31.8 Å². The van der Waals surface area contributed by atoms with Crippen molar-refractivity contribution in [3.63, 3.8) is 0 Å². The van der Waals surface area contributed by atoms with Crippen molar-refractivity contribution in [2.75, 3.05) is 6.54 Å². The monoisotopic (exact) mass is 241 g/mol. The van der Waals surface area contributed by atoms with Gasteiger partial charge in [-0.25, -0.2) is 4.98 Å². The van der Waals surface area contributed by atoms with Crippen molar-refractivity contribution < 1.29 is 0 Å². The molecule has 0 saturated carbocycles. The van der Waals surface area contributed by atoms with E-state index in [0.717, 1.165) is 13.1 Å². The Morgan fingerprint density at radius 1 is 1.44 bits per heavy atom. The molecule has 1 aromatic carbocycles. The molecule has 0 spiro atoms. The molecule has 3 heteroatoms. The Labute approximate surface area is 108 Å². The summed E-state index contributed by atoms with van der Waals surface area (Å²) in [6, 6.07) is 9.24. The first-order chi connectivity index (χ1) is 8.83. The van der Waals surface area contributed by atoms with Gasteiger partial charge in [0.1, 0.15) is 0 Å². The van der Waals surface area contributed by atoms with E-state index in [1.165, 1.54) is 17.5 Å². The van der Waals surface area contributed by atoms with Gasteiger partial charge in [-0.15, -0.1) is 0 Å². The van der Waals surface area contributed by atoms with Crippen LogP contribution in [-0.4, -0.2) is 22.1 Å². The highest BCUT2D eigenvalue weighted by molar-refractivity contribution is 5.40. The van der Waals surface area contributed by atoms with Crippen LogP contribution < -0.4 is 5.32 Å². The van der Waals surface area contributed by atoms with E-state index in [1.807, 2.05) is 18.7 Å². The second-order valence-corrected chi connectivity index (χ2v) is 5.17. The fraction of sp³-hybridized carbons (Fsp3) is 0.400. The summed E-state index contributed by atoms with van der Waals surface area (Å²) in [5, 5.41) is 3.62. The predicted molar refractivity (Wildman–Crippen MR) is 72.6 cm³/mol. The van der Waals surface area contributed by atoms with Crippen molar-refractivity contribution in [1.29, 1.82) is 0 Å². The zero-order valence-corrected chi connectivity index (χ0v) is 10.7. The van der Waals surface area contributed by atoms with Gasteiger partial charge in [0.05, 0.1) is 6.33 Å². The quantitative estimate of drug-likeness (QED) is 0.869. The van der Waals surface area contributed by atoms with Crippen LogP contribution in [0.1, 0.15) is 24.0 Å². The number of imidazole rings is 1. The molecule has 1 aromatic heterocycles. The minimum Gasteiger partial charge on any atom is -0.336 e. The number of nitrogens with zero attached hydrogens (tertiary/aromatic N) is 2. The maximum Gasteiger partial charge on any atom is 0.0946 e. The molecule has 18 heavy (non-hydrogen) atoms.